The van der Waals surface area contributed by atoms with Gasteiger partial charge >= 0.3 is 6.09 Å². The number of halogens is 1. The monoisotopic (exact) mass is 311 g/mol. The Kier molecular flexibility index (Phi) is 5.44. The molecule has 1 aromatic rings. The smallest absolute Gasteiger partial charge is 0.416 e. The van der Waals surface area contributed by atoms with Crippen LogP contribution in [0.3, 0.4) is 0 Å². The van der Waals surface area contributed by atoms with E-state index in [4.69, 9.17) is 16.3 Å². The molecule has 1 aliphatic heterocycles. The molecular weight excluding hydrogens is 294 g/mol. The van der Waals surface area contributed by atoms with Crippen molar-refractivity contribution in [2.24, 2.45) is 0 Å². The number of aryl methyl sites for hydroxylation is 1. The highest BCUT2D eigenvalue weighted by Gasteiger charge is 2.27. The second kappa shape index (κ2) is 7.31. The van der Waals surface area contributed by atoms with Crippen LogP contribution in [0.15, 0.2) is 18.2 Å². The molecule has 0 aliphatic carbocycles. The van der Waals surface area contributed by atoms with Gasteiger partial charge in [-0.2, -0.15) is 0 Å². The fourth-order valence-corrected chi connectivity index (χ4v) is 2.45. The lowest BCUT2D eigenvalue weighted by Gasteiger charge is -2.10. The molecule has 1 aliphatic rings. The number of rotatable bonds is 6. The molecule has 0 saturated carbocycles. The number of hydrogen-bond donors (Lipinski definition) is 1. The number of nitrogens with zero attached hydrogens (tertiary/aromatic N) is 1. The van der Waals surface area contributed by atoms with E-state index in [1.165, 1.54) is 4.90 Å². The first kappa shape index (κ1) is 15.6. The highest BCUT2D eigenvalue weighted by atomic mass is 35.5. The molecule has 0 spiro atoms. The number of ether oxygens (including phenoxy) is 1. The van der Waals surface area contributed by atoms with Gasteiger partial charge in [0.05, 0.1) is 11.6 Å². The van der Waals surface area contributed by atoms with E-state index < -0.39 is 6.09 Å². The quantitative estimate of drug-likeness (QED) is 0.820. The second-order valence-electron chi connectivity index (χ2n) is 5.01. The third-order valence-corrected chi connectivity index (χ3v) is 3.73. The van der Waals surface area contributed by atoms with E-state index in [-0.39, 0.29) is 11.7 Å². The summed E-state index contributed by atoms with van der Waals surface area (Å²) in [5.74, 6) is -0.0753. The number of carbonyl (C=O) groups is 2. The molecule has 0 unspecified atom stereocenters. The normalized spacial score (nSPS) is 14.3. The van der Waals surface area contributed by atoms with Crippen LogP contribution < -0.4 is 0 Å². The van der Waals surface area contributed by atoms with Gasteiger partial charge in [0.25, 0.3) is 0 Å². The van der Waals surface area contributed by atoms with Crippen molar-refractivity contribution in [3.8, 4) is 5.75 Å². The largest absolute Gasteiger partial charge is 0.506 e. The predicted molar refractivity (Wildman–Crippen MR) is 78.3 cm³/mol. The van der Waals surface area contributed by atoms with E-state index in [2.05, 4.69) is 0 Å². The molecule has 114 valence electrons. The minimum atomic E-state index is -0.529. The van der Waals surface area contributed by atoms with Crippen LogP contribution in [-0.4, -0.2) is 35.2 Å². The number of carbonyl (C=O) groups excluding carboxylic acids is 2. The average molecular weight is 312 g/mol. The van der Waals surface area contributed by atoms with Crippen molar-refractivity contribution in [2.45, 2.75) is 32.1 Å². The van der Waals surface area contributed by atoms with Crippen LogP contribution in [0.5, 0.6) is 5.75 Å². The predicted octanol–water partition coefficient (Wildman–Crippen LogP) is 3.13. The Morgan fingerprint density at radius 1 is 1.33 bits per heavy atom. The van der Waals surface area contributed by atoms with E-state index in [1.54, 1.807) is 12.1 Å². The highest BCUT2D eigenvalue weighted by molar-refractivity contribution is 6.32. The topological polar surface area (TPSA) is 66.8 Å². The Bertz CT molecular complexity index is 532. The molecule has 6 heteroatoms. The molecule has 0 bridgehead atoms. The summed E-state index contributed by atoms with van der Waals surface area (Å²) in [6.07, 6.45) is 3.25. The van der Waals surface area contributed by atoms with Crippen molar-refractivity contribution in [1.29, 1.82) is 0 Å². The lowest BCUT2D eigenvalue weighted by atomic mass is 10.1. The molecule has 2 rings (SSSR count). The Balaban J connectivity index is 1.64. The first-order chi connectivity index (χ1) is 10.1. The summed E-state index contributed by atoms with van der Waals surface area (Å²) < 4.78 is 4.73. The van der Waals surface area contributed by atoms with Gasteiger partial charge in [-0.1, -0.05) is 24.1 Å². The third-order valence-electron chi connectivity index (χ3n) is 3.43. The standard InChI is InChI=1S/C15H18ClNO4/c16-12-10-11(6-7-13(12)18)4-2-1-3-5-14(19)17-8-9-21-15(17)20/h6-7,10,18H,1-5,8-9H2. The van der Waals surface area contributed by atoms with Crippen molar-refractivity contribution < 1.29 is 19.4 Å². The molecule has 0 aromatic heterocycles. The van der Waals surface area contributed by atoms with E-state index in [9.17, 15) is 14.7 Å². The molecule has 1 N–H and O–H groups in total. The molecule has 1 saturated heterocycles. The van der Waals surface area contributed by atoms with Gasteiger partial charge in [0.15, 0.2) is 0 Å². The van der Waals surface area contributed by atoms with Crippen LogP contribution in [0.25, 0.3) is 0 Å². The van der Waals surface area contributed by atoms with E-state index >= 15 is 0 Å². The Morgan fingerprint density at radius 3 is 2.81 bits per heavy atom. The van der Waals surface area contributed by atoms with Crippen molar-refractivity contribution in [2.75, 3.05) is 13.2 Å². The van der Waals surface area contributed by atoms with E-state index in [0.717, 1.165) is 31.2 Å². The van der Waals surface area contributed by atoms with Crippen LogP contribution in [0, 0.1) is 0 Å². The van der Waals surface area contributed by atoms with Crippen LogP contribution in [0.1, 0.15) is 31.2 Å². The summed E-state index contributed by atoms with van der Waals surface area (Å²) in [5, 5.41) is 9.68. The zero-order chi connectivity index (χ0) is 15.2. The molecule has 2 amide bonds. The van der Waals surface area contributed by atoms with Gasteiger partial charge < -0.3 is 9.84 Å². The average Bonchev–Trinajstić information content (AvgIpc) is 2.88. The number of aromatic hydroxyl groups is 1. The van der Waals surface area contributed by atoms with Crippen molar-refractivity contribution in [3.63, 3.8) is 0 Å². The van der Waals surface area contributed by atoms with Gasteiger partial charge in [0.2, 0.25) is 5.91 Å². The third kappa shape index (κ3) is 4.36. The van der Waals surface area contributed by atoms with Crippen LogP contribution in [0.4, 0.5) is 4.79 Å². The van der Waals surface area contributed by atoms with Crippen molar-refractivity contribution in [3.05, 3.63) is 28.8 Å². The minimum Gasteiger partial charge on any atom is -0.506 e. The molecule has 1 fully saturated rings. The number of cyclic esters (lactones) is 1. The van der Waals surface area contributed by atoms with Gasteiger partial charge in [-0.3, -0.25) is 4.79 Å². The first-order valence-electron chi connectivity index (χ1n) is 7.02. The highest BCUT2D eigenvalue weighted by Crippen LogP contribution is 2.24. The van der Waals surface area contributed by atoms with Crippen LogP contribution in [-0.2, 0) is 16.0 Å². The molecule has 0 radical (unpaired) electrons. The Hall–Kier alpha value is -1.75. The number of amides is 2. The first-order valence-corrected chi connectivity index (χ1v) is 7.40. The lowest BCUT2D eigenvalue weighted by molar-refractivity contribution is -0.127. The maximum atomic E-state index is 11.8. The molecule has 21 heavy (non-hydrogen) atoms. The Labute approximate surface area is 128 Å². The van der Waals surface area contributed by atoms with Crippen molar-refractivity contribution in [1.82, 2.24) is 4.90 Å². The molecule has 1 aromatic carbocycles. The fourth-order valence-electron chi connectivity index (χ4n) is 2.24. The van der Waals surface area contributed by atoms with E-state index in [1.807, 2.05) is 6.07 Å². The number of phenolic OH excluding ortho intramolecular Hbond substituents is 1. The summed E-state index contributed by atoms with van der Waals surface area (Å²) in [7, 11) is 0. The number of phenols is 1. The number of hydrogen-bond acceptors (Lipinski definition) is 4. The maximum absolute atomic E-state index is 11.8. The number of benzene rings is 1. The second-order valence-corrected chi connectivity index (χ2v) is 5.41. The van der Waals surface area contributed by atoms with E-state index in [0.29, 0.717) is 24.6 Å². The number of imide groups is 1. The molecule has 0 atom stereocenters. The zero-order valence-electron chi connectivity index (χ0n) is 11.7. The molecule has 1 heterocycles. The summed E-state index contributed by atoms with van der Waals surface area (Å²) in [6.45, 7) is 0.663. The van der Waals surface area contributed by atoms with Crippen LogP contribution >= 0.6 is 11.6 Å². The van der Waals surface area contributed by atoms with Gasteiger partial charge in [-0.25, -0.2) is 9.69 Å². The van der Waals surface area contributed by atoms with Gasteiger partial charge in [0, 0.05) is 6.42 Å². The van der Waals surface area contributed by atoms with Gasteiger partial charge in [-0.15, -0.1) is 0 Å². The van der Waals surface area contributed by atoms with Gasteiger partial charge in [-0.05, 0) is 37.0 Å². The van der Waals surface area contributed by atoms with Crippen LogP contribution in [0.2, 0.25) is 5.02 Å². The summed E-state index contributed by atoms with van der Waals surface area (Å²) in [4.78, 5) is 24.1. The Morgan fingerprint density at radius 2 is 2.14 bits per heavy atom. The van der Waals surface area contributed by atoms with Crippen molar-refractivity contribution >= 4 is 23.6 Å². The SMILES string of the molecule is O=C(CCCCCc1ccc(O)c(Cl)c1)N1CCOC1=O. The molecule has 5 nitrogen and oxygen atoms in total. The fraction of sp³-hybridized carbons (Fsp3) is 0.467. The summed E-state index contributed by atoms with van der Waals surface area (Å²) >= 11 is 5.84. The van der Waals surface area contributed by atoms with Gasteiger partial charge in [0.1, 0.15) is 12.4 Å². The maximum Gasteiger partial charge on any atom is 0.416 e. The minimum absolute atomic E-state index is 0.0866. The molecular formula is C15H18ClNO4. The zero-order valence-corrected chi connectivity index (χ0v) is 12.4. The summed E-state index contributed by atoms with van der Waals surface area (Å²) in [5.41, 5.74) is 1.06. The number of unbranched alkanes of at least 4 members (excludes halogenated alkanes) is 2. The summed E-state index contributed by atoms with van der Waals surface area (Å²) in [6, 6.07) is 5.18. The lowest BCUT2D eigenvalue weighted by Crippen LogP contribution is -2.31.